The van der Waals surface area contributed by atoms with Crippen LogP contribution in [0.15, 0.2) is 54.6 Å². The molecular formula is C21H27NO4. The lowest BCUT2D eigenvalue weighted by molar-refractivity contribution is 0.0521. The number of nitrogens with one attached hydrogen (secondary N) is 1. The summed E-state index contributed by atoms with van der Waals surface area (Å²) in [6, 6.07) is 17.5. The lowest BCUT2D eigenvalue weighted by atomic mass is 10.00. The van der Waals surface area contributed by atoms with Crippen molar-refractivity contribution in [3.8, 4) is 5.75 Å². The Hall–Kier alpha value is -2.53. The molecule has 0 fully saturated rings. The van der Waals surface area contributed by atoms with E-state index in [1.54, 1.807) is 0 Å². The van der Waals surface area contributed by atoms with E-state index in [9.17, 15) is 9.90 Å². The molecule has 0 aromatic heterocycles. The highest BCUT2D eigenvalue weighted by molar-refractivity contribution is 5.67. The lowest BCUT2D eigenvalue weighted by Gasteiger charge is -2.21. The van der Waals surface area contributed by atoms with Crippen LogP contribution in [-0.2, 0) is 11.3 Å². The second kappa shape index (κ2) is 9.25. The van der Waals surface area contributed by atoms with Gasteiger partial charge in [-0.15, -0.1) is 0 Å². The Balaban J connectivity index is 1.87. The normalized spacial score (nSPS) is 12.3. The molecule has 0 aliphatic heterocycles. The number of carbonyl (C=O) groups is 1. The molecule has 0 aliphatic rings. The Morgan fingerprint density at radius 1 is 1.08 bits per heavy atom. The second-order valence-corrected chi connectivity index (χ2v) is 7.11. The number of alkyl carbamates (subject to hydrolysis) is 1. The van der Waals surface area contributed by atoms with Gasteiger partial charge in [-0.05, 0) is 44.0 Å². The first-order chi connectivity index (χ1) is 12.4. The molecule has 1 atom stereocenters. The molecule has 0 aliphatic carbocycles. The minimum absolute atomic E-state index is 0.0694. The van der Waals surface area contributed by atoms with Gasteiger partial charge in [-0.25, -0.2) is 4.79 Å². The van der Waals surface area contributed by atoms with E-state index >= 15 is 0 Å². The fourth-order valence-corrected chi connectivity index (χ4v) is 2.39. The molecule has 0 spiro atoms. The summed E-state index contributed by atoms with van der Waals surface area (Å²) in [5.74, 6) is 0.556. The average Bonchev–Trinajstić information content (AvgIpc) is 2.61. The summed E-state index contributed by atoms with van der Waals surface area (Å²) in [7, 11) is 0. The first-order valence-electron chi connectivity index (χ1n) is 8.72. The summed E-state index contributed by atoms with van der Waals surface area (Å²) in [5.41, 5.74) is 1.48. The zero-order chi connectivity index (χ0) is 19.0. The van der Waals surface area contributed by atoms with Gasteiger partial charge >= 0.3 is 6.09 Å². The van der Waals surface area contributed by atoms with Gasteiger partial charge in [0.2, 0.25) is 0 Å². The molecule has 0 saturated carbocycles. The summed E-state index contributed by atoms with van der Waals surface area (Å²) in [4.78, 5) is 11.7. The van der Waals surface area contributed by atoms with Gasteiger partial charge in [-0.3, -0.25) is 0 Å². The molecule has 1 amide bonds. The quantitative estimate of drug-likeness (QED) is 0.789. The molecule has 2 rings (SSSR count). The number of aliphatic hydroxyl groups is 1. The molecular weight excluding hydrogens is 330 g/mol. The van der Waals surface area contributed by atoms with Crippen LogP contribution in [0.25, 0.3) is 0 Å². The number of carbonyl (C=O) groups excluding carboxylic acids is 1. The zero-order valence-electron chi connectivity index (χ0n) is 15.6. The van der Waals surface area contributed by atoms with Crippen molar-refractivity contribution in [3.05, 3.63) is 65.7 Å². The van der Waals surface area contributed by atoms with Crippen molar-refractivity contribution in [1.29, 1.82) is 0 Å². The molecule has 0 unspecified atom stereocenters. The molecule has 0 bridgehead atoms. The van der Waals surface area contributed by atoms with Gasteiger partial charge < -0.3 is 19.9 Å². The molecule has 2 N–H and O–H groups in total. The van der Waals surface area contributed by atoms with E-state index in [2.05, 4.69) is 5.32 Å². The molecule has 2 aromatic carbocycles. The molecule has 0 heterocycles. The van der Waals surface area contributed by atoms with Crippen molar-refractivity contribution in [2.45, 2.75) is 38.9 Å². The minimum atomic E-state index is -0.545. The molecule has 0 saturated heterocycles. The van der Waals surface area contributed by atoms with Crippen LogP contribution in [0.5, 0.6) is 5.75 Å². The zero-order valence-corrected chi connectivity index (χ0v) is 15.6. The maximum absolute atomic E-state index is 11.7. The number of benzene rings is 2. The van der Waals surface area contributed by atoms with E-state index in [1.165, 1.54) is 0 Å². The van der Waals surface area contributed by atoms with Gasteiger partial charge in [0.15, 0.2) is 0 Å². The van der Waals surface area contributed by atoms with Crippen LogP contribution in [0, 0.1) is 0 Å². The Bertz CT molecular complexity index is 677. The molecule has 140 valence electrons. The van der Waals surface area contributed by atoms with Gasteiger partial charge in [0, 0.05) is 12.5 Å². The van der Waals surface area contributed by atoms with Crippen LogP contribution < -0.4 is 10.1 Å². The van der Waals surface area contributed by atoms with Crippen molar-refractivity contribution in [1.82, 2.24) is 5.32 Å². The van der Waals surface area contributed by atoms with Crippen molar-refractivity contribution in [2.75, 3.05) is 13.2 Å². The van der Waals surface area contributed by atoms with Crippen molar-refractivity contribution in [2.24, 2.45) is 0 Å². The van der Waals surface area contributed by atoms with Crippen LogP contribution in [-0.4, -0.2) is 30.0 Å². The standard InChI is InChI=1S/C21H27NO4/c1-21(2,3)26-20(24)22-13-18(14-23)17-9-11-19(12-10-17)25-15-16-7-5-4-6-8-16/h4-12,18,23H,13-15H2,1-3H3,(H,22,24)/t18-/m0/s1. The predicted molar refractivity (Wildman–Crippen MR) is 101 cm³/mol. The summed E-state index contributed by atoms with van der Waals surface area (Å²) in [6.07, 6.45) is -0.487. The van der Waals surface area contributed by atoms with E-state index < -0.39 is 11.7 Å². The summed E-state index contributed by atoms with van der Waals surface area (Å²) in [5, 5.41) is 12.3. The fourth-order valence-electron chi connectivity index (χ4n) is 2.39. The number of amides is 1. The van der Waals surface area contributed by atoms with E-state index in [-0.39, 0.29) is 12.5 Å². The molecule has 0 radical (unpaired) electrons. The third-order valence-corrected chi connectivity index (χ3v) is 3.71. The maximum atomic E-state index is 11.7. The number of hydrogen-bond donors (Lipinski definition) is 2. The van der Waals surface area contributed by atoms with Gasteiger partial charge in [0.25, 0.3) is 0 Å². The number of rotatable bonds is 7. The average molecular weight is 357 g/mol. The molecule has 2 aromatic rings. The van der Waals surface area contributed by atoms with Crippen LogP contribution in [0.3, 0.4) is 0 Å². The van der Waals surface area contributed by atoms with Crippen molar-refractivity contribution >= 4 is 6.09 Å². The van der Waals surface area contributed by atoms with Gasteiger partial charge in [0.05, 0.1) is 6.61 Å². The Morgan fingerprint density at radius 3 is 2.31 bits per heavy atom. The fraction of sp³-hybridized carbons (Fsp3) is 0.381. The summed E-state index contributed by atoms with van der Waals surface area (Å²) < 4.78 is 11.0. The molecule has 5 nitrogen and oxygen atoms in total. The highest BCUT2D eigenvalue weighted by Crippen LogP contribution is 2.20. The Morgan fingerprint density at radius 2 is 1.73 bits per heavy atom. The third-order valence-electron chi connectivity index (χ3n) is 3.71. The predicted octanol–water partition coefficient (Wildman–Crippen LogP) is 3.87. The first kappa shape index (κ1) is 19.8. The van der Waals surface area contributed by atoms with Crippen molar-refractivity contribution < 1.29 is 19.4 Å². The van der Waals surface area contributed by atoms with Crippen LogP contribution >= 0.6 is 0 Å². The highest BCUT2D eigenvalue weighted by atomic mass is 16.6. The smallest absolute Gasteiger partial charge is 0.407 e. The molecule has 5 heteroatoms. The minimum Gasteiger partial charge on any atom is -0.489 e. The topological polar surface area (TPSA) is 67.8 Å². The summed E-state index contributed by atoms with van der Waals surface area (Å²) in [6.45, 7) is 6.16. The van der Waals surface area contributed by atoms with E-state index in [4.69, 9.17) is 9.47 Å². The first-order valence-corrected chi connectivity index (χ1v) is 8.72. The van der Waals surface area contributed by atoms with E-state index in [0.717, 1.165) is 16.9 Å². The van der Waals surface area contributed by atoms with Crippen LogP contribution in [0.2, 0.25) is 0 Å². The maximum Gasteiger partial charge on any atom is 0.407 e. The van der Waals surface area contributed by atoms with Gasteiger partial charge in [-0.1, -0.05) is 42.5 Å². The highest BCUT2D eigenvalue weighted by Gasteiger charge is 2.18. The SMILES string of the molecule is CC(C)(C)OC(=O)NC[C@@H](CO)c1ccc(OCc2ccccc2)cc1. The van der Waals surface area contributed by atoms with Gasteiger partial charge in [-0.2, -0.15) is 0 Å². The number of hydrogen-bond acceptors (Lipinski definition) is 4. The van der Waals surface area contributed by atoms with Crippen LogP contribution in [0.4, 0.5) is 4.79 Å². The Labute approximate surface area is 155 Å². The van der Waals surface area contributed by atoms with Gasteiger partial charge in [0.1, 0.15) is 18.0 Å². The third kappa shape index (κ3) is 6.76. The molecule has 26 heavy (non-hydrogen) atoms. The lowest BCUT2D eigenvalue weighted by Crippen LogP contribution is -2.35. The monoisotopic (exact) mass is 357 g/mol. The van der Waals surface area contributed by atoms with Crippen LogP contribution in [0.1, 0.15) is 37.8 Å². The van der Waals surface area contributed by atoms with E-state index in [0.29, 0.717) is 13.2 Å². The van der Waals surface area contributed by atoms with E-state index in [1.807, 2.05) is 75.4 Å². The summed E-state index contributed by atoms with van der Waals surface area (Å²) >= 11 is 0. The second-order valence-electron chi connectivity index (χ2n) is 7.11. The largest absolute Gasteiger partial charge is 0.489 e. The Kier molecular flexibility index (Phi) is 7.04. The number of aliphatic hydroxyl groups excluding tert-OH is 1. The number of ether oxygens (including phenoxy) is 2. The van der Waals surface area contributed by atoms with Crippen molar-refractivity contribution in [3.63, 3.8) is 0 Å².